The molecule has 20 heavy (non-hydrogen) atoms. The number of nitrogens with one attached hydrogen (secondary N) is 1. The fraction of sp³-hybridized carbons (Fsp3) is 0.647. The van der Waals surface area contributed by atoms with E-state index in [1.54, 1.807) is 0 Å². The molecule has 1 aliphatic rings. The molecule has 0 heterocycles. The second-order valence-electron chi connectivity index (χ2n) is 6.13. The number of phenolic OH excluding ortho intramolecular Hbond substituents is 1. The second kappa shape index (κ2) is 7.07. The molecule has 2 N–H and O–H groups in total. The lowest BCUT2D eigenvalue weighted by molar-refractivity contribution is 0.313. The molecule has 112 valence electrons. The van der Waals surface area contributed by atoms with Crippen LogP contribution >= 0.6 is 0 Å². The monoisotopic (exact) mass is 279 g/mol. The SMILES string of the molecule is CC(N[C@H](C)C1CCCCCC1)c1cc(F)ccc1O. The highest BCUT2D eigenvalue weighted by molar-refractivity contribution is 5.34. The Hall–Kier alpha value is -1.09. The molecule has 1 fully saturated rings. The number of benzene rings is 1. The van der Waals surface area contributed by atoms with Crippen LogP contribution in [0, 0.1) is 11.7 Å². The summed E-state index contributed by atoms with van der Waals surface area (Å²) in [5.74, 6) is 0.559. The Balaban J connectivity index is 1.99. The van der Waals surface area contributed by atoms with Crippen LogP contribution in [-0.2, 0) is 0 Å². The molecule has 1 aliphatic carbocycles. The molecule has 0 radical (unpaired) electrons. The molecular weight excluding hydrogens is 253 g/mol. The zero-order valence-corrected chi connectivity index (χ0v) is 12.5. The van der Waals surface area contributed by atoms with Gasteiger partial charge in [-0.25, -0.2) is 4.39 Å². The van der Waals surface area contributed by atoms with Crippen molar-refractivity contribution in [2.75, 3.05) is 0 Å². The summed E-state index contributed by atoms with van der Waals surface area (Å²) in [5.41, 5.74) is 0.644. The summed E-state index contributed by atoms with van der Waals surface area (Å²) in [6.07, 6.45) is 7.88. The van der Waals surface area contributed by atoms with Crippen molar-refractivity contribution in [1.82, 2.24) is 5.32 Å². The number of rotatable bonds is 4. The molecule has 0 aliphatic heterocycles. The molecule has 1 aromatic rings. The van der Waals surface area contributed by atoms with E-state index in [2.05, 4.69) is 12.2 Å². The first-order valence-corrected chi connectivity index (χ1v) is 7.82. The van der Waals surface area contributed by atoms with Gasteiger partial charge in [0.2, 0.25) is 0 Å². The molecule has 2 nitrogen and oxygen atoms in total. The largest absolute Gasteiger partial charge is 0.508 e. The first-order chi connectivity index (χ1) is 9.58. The molecule has 3 heteroatoms. The van der Waals surface area contributed by atoms with E-state index in [-0.39, 0.29) is 17.6 Å². The molecule has 2 rings (SSSR count). The Bertz CT molecular complexity index is 427. The summed E-state index contributed by atoms with van der Waals surface area (Å²) in [6, 6.07) is 4.50. The zero-order chi connectivity index (χ0) is 14.5. The first-order valence-electron chi connectivity index (χ1n) is 7.82. The van der Waals surface area contributed by atoms with Crippen molar-refractivity contribution in [3.63, 3.8) is 0 Å². The fourth-order valence-corrected chi connectivity index (χ4v) is 3.30. The summed E-state index contributed by atoms with van der Waals surface area (Å²) in [7, 11) is 0. The lowest BCUT2D eigenvalue weighted by atomic mass is 9.92. The Morgan fingerprint density at radius 1 is 1.15 bits per heavy atom. The Morgan fingerprint density at radius 2 is 1.80 bits per heavy atom. The maximum atomic E-state index is 13.3. The topological polar surface area (TPSA) is 32.3 Å². The highest BCUT2D eigenvalue weighted by Gasteiger charge is 2.21. The van der Waals surface area contributed by atoms with Crippen molar-refractivity contribution in [2.24, 2.45) is 5.92 Å². The molecule has 0 bridgehead atoms. The van der Waals surface area contributed by atoms with Gasteiger partial charge >= 0.3 is 0 Å². The van der Waals surface area contributed by atoms with Crippen LogP contribution < -0.4 is 5.32 Å². The Kier molecular flexibility index (Phi) is 5.41. The van der Waals surface area contributed by atoms with Gasteiger partial charge in [0.25, 0.3) is 0 Å². The summed E-state index contributed by atoms with van der Waals surface area (Å²) in [4.78, 5) is 0. The van der Waals surface area contributed by atoms with E-state index in [0.717, 1.165) is 0 Å². The number of aromatic hydroxyl groups is 1. The standard InChI is InChI=1S/C17H26FNO/c1-12(14-7-5-3-4-6-8-14)19-13(2)16-11-15(18)9-10-17(16)20/h9-14,19-20H,3-8H2,1-2H3/t12-,13?/m1/s1. The maximum absolute atomic E-state index is 13.3. The quantitative estimate of drug-likeness (QED) is 0.793. The van der Waals surface area contributed by atoms with Crippen molar-refractivity contribution >= 4 is 0 Å². The van der Waals surface area contributed by atoms with Crippen molar-refractivity contribution in [3.05, 3.63) is 29.6 Å². The second-order valence-corrected chi connectivity index (χ2v) is 6.13. The van der Waals surface area contributed by atoms with E-state index in [4.69, 9.17) is 0 Å². The van der Waals surface area contributed by atoms with Crippen molar-refractivity contribution < 1.29 is 9.50 Å². The fourth-order valence-electron chi connectivity index (χ4n) is 3.30. The minimum Gasteiger partial charge on any atom is -0.508 e. The third kappa shape index (κ3) is 3.95. The predicted molar refractivity (Wildman–Crippen MR) is 80.3 cm³/mol. The third-order valence-electron chi connectivity index (χ3n) is 4.58. The van der Waals surface area contributed by atoms with Crippen molar-refractivity contribution in [1.29, 1.82) is 0 Å². The Labute approximate surface area is 121 Å². The van der Waals surface area contributed by atoms with Crippen LogP contribution in [0.15, 0.2) is 18.2 Å². The van der Waals surface area contributed by atoms with Crippen LogP contribution in [0.1, 0.15) is 64.0 Å². The van der Waals surface area contributed by atoms with Gasteiger partial charge in [0.1, 0.15) is 11.6 Å². The van der Waals surface area contributed by atoms with Gasteiger partial charge < -0.3 is 10.4 Å². The molecule has 0 spiro atoms. The van der Waals surface area contributed by atoms with Gasteiger partial charge in [0.05, 0.1) is 0 Å². The van der Waals surface area contributed by atoms with Crippen LogP contribution in [0.3, 0.4) is 0 Å². The van der Waals surface area contributed by atoms with Gasteiger partial charge in [0.15, 0.2) is 0 Å². The van der Waals surface area contributed by atoms with Crippen LogP contribution in [0.25, 0.3) is 0 Å². The maximum Gasteiger partial charge on any atom is 0.123 e. The predicted octanol–water partition coefficient (Wildman–Crippen LogP) is 4.54. The molecule has 0 aromatic heterocycles. The normalized spacial score (nSPS) is 20.4. The lowest BCUT2D eigenvalue weighted by Gasteiger charge is -2.27. The van der Waals surface area contributed by atoms with Crippen LogP contribution in [-0.4, -0.2) is 11.1 Å². The third-order valence-corrected chi connectivity index (χ3v) is 4.58. The van der Waals surface area contributed by atoms with E-state index in [0.29, 0.717) is 17.5 Å². The Morgan fingerprint density at radius 3 is 2.45 bits per heavy atom. The van der Waals surface area contributed by atoms with Crippen molar-refractivity contribution in [2.45, 2.75) is 64.5 Å². The first kappa shape index (κ1) is 15.3. The van der Waals surface area contributed by atoms with Crippen LogP contribution in [0.4, 0.5) is 4.39 Å². The van der Waals surface area contributed by atoms with Gasteiger partial charge in [-0.15, -0.1) is 0 Å². The van der Waals surface area contributed by atoms with E-state index < -0.39 is 0 Å². The van der Waals surface area contributed by atoms with Gasteiger partial charge in [-0.2, -0.15) is 0 Å². The summed E-state index contributed by atoms with van der Waals surface area (Å²) >= 11 is 0. The van der Waals surface area contributed by atoms with E-state index in [9.17, 15) is 9.50 Å². The number of hydrogen-bond donors (Lipinski definition) is 2. The smallest absolute Gasteiger partial charge is 0.123 e. The molecule has 1 unspecified atom stereocenters. The average Bonchev–Trinajstić information content (AvgIpc) is 2.70. The molecule has 1 saturated carbocycles. The average molecular weight is 279 g/mol. The molecular formula is C17H26FNO. The molecule has 0 saturated heterocycles. The highest BCUT2D eigenvalue weighted by atomic mass is 19.1. The van der Waals surface area contributed by atoms with Gasteiger partial charge in [-0.3, -0.25) is 0 Å². The molecule has 1 aromatic carbocycles. The van der Waals surface area contributed by atoms with E-state index >= 15 is 0 Å². The summed E-state index contributed by atoms with van der Waals surface area (Å²) < 4.78 is 13.3. The number of halogens is 1. The minimum absolute atomic E-state index is 0.0380. The van der Waals surface area contributed by atoms with E-state index in [1.165, 1.54) is 56.7 Å². The summed E-state index contributed by atoms with van der Waals surface area (Å²) in [6.45, 7) is 4.20. The van der Waals surface area contributed by atoms with Gasteiger partial charge in [-0.05, 0) is 50.8 Å². The summed E-state index contributed by atoms with van der Waals surface area (Å²) in [5, 5.41) is 13.4. The van der Waals surface area contributed by atoms with Gasteiger partial charge in [0, 0.05) is 17.6 Å². The minimum atomic E-state index is -0.298. The highest BCUT2D eigenvalue weighted by Crippen LogP contribution is 2.29. The molecule has 0 amide bonds. The lowest BCUT2D eigenvalue weighted by Crippen LogP contribution is -2.35. The molecule has 2 atom stereocenters. The van der Waals surface area contributed by atoms with Gasteiger partial charge in [-0.1, -0.05) is 25.7 Å². The zero-order valence-electron chi connectivity index (χ0n) is 12.5. The van der Waals surface area contributed by atoms with Crippen LogP contribution in [0.2, 0.25) is 0 Å². The van der Waals surface area contributed by atoms with Crippen molar-refractivity contribution in [3.8, 4) is 5.75 Å². The van der Waals surface area contributed by atoms with E-state index in [1.807, 2.05) is 6.92 Å². The van der Waals surface area contributed by atoms with Crippen LogP contribution in [0.5, 0.6) is 5.75 Å². The number of phenols is 1. The number of hydrogen-bond acceptors (Lipinski definition) is 2.